The molecule has 0 aliphatic heterocycles. The normalized spacial score (nSPS) is 9.79. The second-order valence-corrected chi connectivity index (χ2v) is 3.01. The molecular formula is C12H11NO. The zero-order chi connectivity index (χ0) is 9.80. The lowest BCUT2D eigenvalue weighted by molar-refractivity contribution is 0.334. The maximum absolute atomic E-state index is 5.04. The third kappa shape index (κ3) is 1.75. The van der Waals surface area contributed by atoms with Crippen LogP contribution in [-0.4, -0.2) is 0 Å². The van der Waals surface area contributed by atoms with Crippen LogP contribution in [0.25, 0.3) is 11.1 Å². The fourth-order valence-corrected chi connectivity index (χ4v) is 1.36. The fourth-order valence-electron chi connectivity index (χ4n) is 1.36. The van der Waals surface area contributed by atoms with Crippen LogP contribution < -0.4 is 10.7 Å². The average molecular weight is 185 g/mol. The van der Waals surface area contributed by atoms with E-state index >= 15 is 0 Å². The molecule has 0 unspecified atom stereocenters. The highest BCUT2D eigenvalue weighted by molar-refractivity contribution is 5.63. The van der Waals surface area contributed by atoms with Gasteiger partial charge in [0.25, 0.3) is 0 Å². The van der Waals surface area contributed by atoms with Gasteiger partial charge in [0.1, 0.15) is 5.75 Å². The monoisotopic (exact) mass is 185 g/mol. The minimum Gasteiger partial charge on any atom is -0.412 e. The highest BCUT2D eigenvalue weighted by Crippen LogP contribution is 2.21. The van der Waals surface area contributed by atoms with Gasteiger partial charge >= 0.3 is 0 Å². The lowest BCUT2D eigenvalue weighted by Gasteiger charge is -2.02. The van der Waals surface area contributed by atoms with E-state index in [-0.39, 0.29) is 0 Å². The molecule has 0 radical (unpaired) electrons. The van der Waals surface area contributed by atoms with E-state index in [9.17, 15) is 0 Å². The Kier molecular flexibility index (Phi) is 2.47. The van der Waals surface area contributed by atoms with E-state index in [1.54, 1.807) is 0 Å². The van der Waals surface area contributed by atoms with E-state index in [0.29, 0.717) is 5.75 Å². The van der Waals surface area contributed by atoms with Crippen molar-refractivity contribution in [2.75, 3.05) is 0 Å². The van der Waals surface area contributed by atoms with Gasteiger partial charge in [-0.2, -0.15) is 5.90 Å². The van der Waals surface area contributed by atoms with Crippen LogP contribution in [0.2, 0.25) is 0 Å². The molecule has 0 aliphatic carbocycles. The maximum atomic E-state index is 5.04. The first kappa shape index (κ1) is 8.78. The lowest BCUT2D eigenvalue weighted by atomic mass is 10.1. The zero-order valence-corrected chi connectivity index (χ0v) is 7.68. The molecule has 2 N–H and O–H groups in total. The summed E-state index contributed by atoms with van der Waals surface area (Å²) in [5, 5.41) is 0. The van der Waals surface area contributed by atoms with Crippen LogP contribution >= 0.6 is 0 Å². The van der Waals surface area contributed by atoms with Crippen LogP contribution in [0.5, 0.6) is 5.75 Å². The third-order valence-electron chi connectivity index (χ3n) is 2.10. The van der Waals surface area contributed by atoms with Crippen LogP contribution in [0.3, 0.4) is 0 Å². The summed E-state index contributed by atoms with van der Waals surface area (Å²) in [5.74, 6) is 5.71. The van der Waals surface area contributed by atoms with Crippen molar-refractivity contribution in [1.29, 1.82) is 0 Å². The fraction of sp³-hybridized carbons (Fsp3) is 0. The summed E-state index contributed by atoms with van der Waals surface area (Å²) in [5.41, 5.74) is 2.35. The van der Waals surface area contributed by atoms with Crippen molar-refractivity contribution in [2.24, 2.45) is 5.90 Å². The SMILES string of the molecule is NOc1ccc(-c2ccccc2)cc1. The minimum atomic E-state index is 0.671. The molecule has 2 heteroatoms. The Labute approximate surface area is 82.9 Å². The lowest BCUT2D eigenvalue weighted by Crippen LogP contribution is -2.00. The van der Waals surface area contributed by atoms with Crippen molar-refractivity contribution in [2.45, 2.75) is 0 Å². The number of benzene rings is 2. The number of nitrogens with two attached hydrogens (primary N) is 1. The van der Waals surface area contributed by atoms with Crippen molar-refractivity contribution < 1.29 is 4.84 Å². The molecule has 2 aromatic carbocycles. The highest BCUT2D eigenvalue weighted by atomic mass is 16.6. The molecule has 2 aromatic rings. The summed E-state index contributed by atoms with van der Waals surface area (Å²) < 4.78 is 0. The largest absolute Gasteiger partial charge is 0.412 e. The van der Waals surface area contributed by atoms with Gasteiger partial charge in [0.15, 0.2) is 0 Å². The molecule has 0 saturated heterocycles. The van der Waals surface area contributed by atoms with Crippen LogP contribution in [0.15, 0.2) is 54.6 Å². The Balaban J connectivity index is 2.34. The van der Waals surface area contributed by atoms with E-state index in [1.165, 1.54) is 5.56 Å². The zero-order valence-electron chi connectivity index (χ0n) is 7.68. The number of rotatable bonds is 2. The van der Waals surface area contributed by atoms with Gasteiger partial charge in [0, 0.05) is 0 Å². The first-order valence-corrected chi connectivity index (χ1v) is 4.42. The first-order chi connectivity index (χ1) is 6.90. The summed E-state index contributed by atoms with van der Waals surface area (Å²) in [6.07, 6.45) is 0. The van der Waals surface area contributed by atoms with E-state index in [4.69, 9.17) is 5.90 Å². The Morgan fingerprint density at radius 2 is 1.29 bits per heavy atom. The Morgan fingerprint density at radius 3 is 1.86 bits per heavy atom. The van der Waals surface area contributed by atoms with Gasteiger partial charge in [0.05, 0.1) is 0 Å². The summed E-state index contributed by atoms with van der Waals surface area (Å²) >= 11 is 0. The second kappa shape index (κ2) is 3.94. The molecule has 0 fully saturated rings. The molecule has 14 heavy (non-hydrogen) atoms. The summed E-state index contributed by atoms with van der Waals surface area (Å²) in [4.78, 5) is 4.61. The molecule has 0 spiro atoms. The van der Waals surface area contributed by atoms with E-state index < -0.39 is 0 Å². The molecule has 0 bridgehead atoms. The quantitative estimate of drug-likeness (QED) is 0.730. The molecular weight excluding hydrogens is 174 g/mol. The Morgan fingerprint density at radius 1 is 0.714 bits per heavy atom. The van der Waals surface area contributed by atoms with Crippen molar-refractivity contribution in [3.63, 3.8) is 0 Å². The van der Waals surface area contributed by atoms with Crippen LogP contribution in [0, 0.1) is 0 Å². The van der Waals surface area contributed by atoms with Crippen molar-refractivity contribution >= 4 is 0 Å². The van der Waals surface area contributed by atoms with Gasteiger partial charge in [-0.3, -0.25) is 0 Å². The third-order valence-corrected chi connectivity index (χ3v) is 2.10. The molecule has 0 atom stereocenters. The Hall–Kier alpha value is -1.80. The van der Waals surface area contributed by atoms with Gasteiger partial charge in [-0.25, -0.2) is 0 Å². The standard InChI is InChI=1S/C12H11NO/c13-14-12-8-6-11(7-9-12)10-4-2-1-3-5-10/h1-9H,13H2. The van der Waals surface area contributed by atoms with Crippen LogP contribution in [0.4, 0.5) is 0 Å². The van der Waals surface area contributed by atoms with E-state index in [0.717, 1.165) is 5.56 Å². The molecule has 0 saturated carbocycles. The van der Waals surface area contributed by atoms with Crippen molar-refractivity contribution in [1.82, 2.24) is 0 Å². The number of hydrogen-bond donors (Lipinski definition) is 1. The predicted molar refractivity (Wildman–Crippen MR) is 56.7 cm³/mol. The van der Waals surface area contributed by atoms with Crippen LogP contribution in [-0.2, 0) is 0 Å². The topological polar surface area (TPSA) is 35.2 Å². The first-order valence-electron chi connectivity index (χ1n) is 4.42. The Bertz CT molecular complexity index is 394. The maximum Gasteiger partial charge on any atom is 0.146 e. The van der Waals surface area contributed by atoms with Gasteiger partial charge in [-0.05, 0) is 23.3 Å². The smallest absolute Gasteiger partial charge is 0.146 e. The molecule has 70 valence electrons. The van der Waals surface area contributed by atoms with Crippen molar-refractivity contribution in [3.05, 3.63) is 54.6 Å². The predicted octanol–water partition coefficient (Wildman–Crippen LogP) is 2.61. The minimum absolute atomic E-state index is 0.671. The van der Waals surface area contributed by atoms with Gasteiger partial charge in [0.2, 0.25) is 0 Å². The van der Waals surface area contributed by atoms with Gasteiger partial charge < -0.3 is 4.84 Å². The molecule has 0 aliphatic rings. The van der Waals surface area contributed by atoms with Crippen LogP contribution in [0.1, 0.15) is 0 Å². The molecule has 0 amide bonds. The second-order valence-electron chi connectivity index (χ2n) is 3.01. The molecule has 0 heterocycles. The number of hydrogen-bond acceptors (Lipinski definition) is 2. The molecule has 2 nitrogen and oxygen atoms in total. The summed E-state index contributed by atoms with van der Waals surface area (Å²) in [6.45, 7) is 0. The highest BCUT2D eigenvalue weighted by Gasteiger charge is 1.96. The van der Waals surface area contributed by atoms with E-state index in [2.05, 4.69) is 17.0 Å². The van der Waals surface area contributed by atoms with Gasteiger partial charge in [-0.1, -0.05) is 42.5 Å². The van der Waals surface area contributed by atoms with E-state index in [1.807, 2.05) is 42.5 Å². The van der Waals surface area contributed by atoms with Gasteiger partial charge in [-0.15, -0.1) is 0 Å². The van der Waals surface area contributed by atoms with Crippen molar-refractivity contribution in [3.8, 4) is 16.9 Å². The summed E-state index contributed by atoms with van der Waals surface area (Å²) in [7, 11) is 0. The molecule has 0 aromatic heterocycles. The summed E-state index contributed by atoms with van der Waals surface area (Å²) in [6, 6.07) is 17.8. The molecule has 2 rings (SSSR count). The average Bonchev–Trinajstić information content (AvgIpc) is 2.30.